The number of alkyl halides is 1. The van der Waals surface area contributed by atoms with Gasteiger partial charge in [-0.3, -0.25) is 0 Å². The van der Waals surface area contributed by atoms with Crippen LogP contribution in [0.15, 0.2) is 12.5 Å². The average Bonchev–Trinajstić information content (AvgIpc) is 2.31. The van der Waals surface area contributed by atoms with Crippen molar-refractivity contribution >= 4 is 11.6 Å². The number of rotatable bonds is 0. The maximum absolute atomic E-state index is 5.37. The van der Waals surface area contributed by atoms with Crippen LogP contribution in [-0.2, 0) is 7.05 Å². The van der Waals surface area contributed by atoms with Crippen LogP contribution in [0.3, 0.4) is 0 Å². The van der Waals surface area contributed by atoms with Crippen LogP contribution in [0, 0.1) is 11.8 Å². The van der Waals surface area contributed by atoms with Crippen molar-refractivity contribution in [2.45, 2.75) is 0 Å². The van der Waals surface area contributed by atoms with E-state index in [4.69, 9.17) is 11.6 Å². The average molecular weight is 155 g/mol. The predicted molar refractivity (Wildman–Crippen MR) is 40.8 cm³/mol. The van der Waals surface area contributed by atoms with E-state index in [1.54, 1.807) is 12.5 Å². The van der Waals surface area contributed by atoms with Crippen LogP contribution in [0.2, 0.25) is 0 Å². The van der Waals surface area contributed by atoms with E-state index < -0.39 is 0 Å². The van der Waals surface area contributed by atoms with Gasteiger partial charge in [0.05, 0.1) is 18.4 Å². The Morgan fingerprint density at radius 1 is 1.80 bits per heavy atom. The molecule has 0 fully saturated rings. The van der Waals surface area contributed by atoms with Gasteiger partial charge in [0.25, 0.3) is 0 Å². The maximum Gasteiger partial charge on any atom is 0.111 e. The molecule has 0 aliphatic heterocycles. The molecule has 1 heterocycles. The molecule has 0 aromatic carbocycles. The lowest BCUT2D eigenvalue weighted by molar-refractivity contribution is 0.899. The fourth-order valence-corrected chi connectivity index (χ4v) is 0.668. The number of aromatic nitrogens is 2. The highest BCUT2D eigenvalue weighted by Gasteiger charge is 1.89. The Morgan fingerprint density at radius 3 is 3.10 bits per heavy atom. The molecule has 1 rings (SSSR count). The Labute approximate surface area is 64.8 Å². The van der Waals surface area contributed by atoms with Crippen molar-refractivity contribution in [1.82, 2.24) is 9.55 Å². The van der Waals surface area contributed by atoms with Gasteiger partial charge in [-0.05, 0) is 5.92 Å². The van der Waals surface area contributed by atoms with Crippen LogP contribution in [-0.4, -0.2) is 15.4 Å². The van der Waals surface area contributed by atoms with Gasteiger partial charge < -0.3 is 4.57 Å². The normalized spacial score (nSPS) is 8.60. The fraction of sp³-hybridized carbons (Fsp3) is 0.286. The Bertz CT molecular complexity index is 267. The number of halogens is 1. The Hall–Kier alpha value is -0.940. The zero-order valence-corrected chi connectivity index (χ0v) is 6.39. The molecule has 10 heavy (non-hydrogen) atoms. The molecule has 52 valence electrons. The van der Waals surface area contributed by atoms with Crippen molar-refractivity contribution in [3.8, 4) is 11.8 Å². The molecule has 0 spiro atoms. The topological polar surface area (TPSA) is 17.8 Å². The Kier molecular flexibility index (Phi) is 2.35. The summed E-state index contributed by atoms with van der Waals surface area (Å²) in [4.78, 5) is 3.89. The monoisotopic (exact) mass is 154 g/mol. The smallest absolute Gasteiger partial charge is 0.111 e. The van der Waals surface area contributed by atoms with E-state index >= 15 is 0 Å². The molecule has 0 saturated heterocycles. The second kappa shape index (κ2) is 3.28. The van der Waals surface area contributed by atoms with Crippen LogP contribution in [0.1, 0.15) is 5.69 Å². The van der Waals surface area contributed by atoms with E-state index in [9.17, 15) is 0 Å². The molecule has 2 nitrogen and oxygen atoms in total. The van der Waals surface area contributed by atoms with Crippen molar-refractivity contribution in [2.75, 3.05) is 5.88 Å². The van der Waals surface area contributed by atoms with Gasteiger partial charge in [0, 0.05) is 7.05 Å². The first-order chi connectivity index (χ1) is 4.84. The number of hydrogen-bond donors (Lipinski definition) is 0. The van der Waals surface area contributed by atoms with Gasteiger partial charge in [0.1, 0.15) is 5.69 Å². The van der Waals surface area contributed by atoms with Crippen molar-refractivity contribution in [3.05, 3.63) is 18.2 Å². The summed E-state index contributed by atoms with van der Waals surface area (Å²) in [5, 5.41) is 0. The van der Waals surface area contributed by atoms with E-state index in [0.717, 1.165) is 5.69 Å². The Balaban J connectivity index is 2.84. The lowest BCUT2D eigenvalue weighted by atomic mass is 10.4. The summed E-state index contributed by atoms with van der Waals surface area (Å²) in [6, 6.07) is 0. The first-order valence-corrected chi connectivity index (χ1v) is 3.39. The van der Waals surface area contributed by atoms with Crippen LogP contribution in [0.4, 0.5) is 0 Å². The second-order valence-corrected chi connectivity index (χ2v) is 2.09. The van der Waals surface area contributed by atoms with Crippen molar-refractivity contribution in [1.29, 1.82) is 0 Å². The highest BCUT2D eigenvalue weighted by molar-refractivity contribution is 6.19. The third-order valence-corrected chi connectivity index (χ3v) is 1.23. The van der Waals surface area contributed by atoms with Gasteiger partial charge in [0.2, 0.25) is 0 Å². The summed E-state index contributed by atoms with van der Waals surface area (Å²) in [5.74, 6) is 5.97. The predicted octanol–water partition coefficient (Wildman–Crippen LogP) is 1.01. The van der Waals surface area contributed by atoms with Gasteiger partial charge >= 0.3 is 0 Å². The number of aryl methyl sites for hydroxylation is 1. The zero-order chi connectivity index (χ0) is 7.40. The number of nitrogens with zero attached hydrogens (tertiary/aromatic N) is 2. The number of hydrogen-bond acceptors (Lipinski definition) is 1. The largest absolute Gasteiger partial charge is 0.327 e. The third-order valence-electron chi connectivity index (χ3n) is 1.10. The third kappa shape index (κ3) is 1.52. The molecule has 0 N–H and O–H groups in total. The standard InChI is InChI=1S/C7H7ClN2/c1-10-6-9-5-7(10)3-2-4-8/h5-6H,4H2,1H3. The molecule has 0 aliphatic rings. The molecule has 1 aromatic heterocycles. The fourth-order valence-electron chi connectivity index (χ4n) is 0.602. The van der Waals surface area contributed by atoms with Crippen molar-refractivity contribution in [3.63, 3.8) is 0 Å². The first kappa shape index (κ1) is 7.17. The van der Waals surface area contributed by atoms with E-state index in [1.807, 2.05) is 11.6 Å². The second-order valence-electron chi connectivity index (χ2n) is 1.83. The van der Waals surface area contributed by atoms with Gasteiger partial charge in [-0.1, -0.05) is 5.92 Å². The van der Waals surface area contributed by atoms with Gasteiger partial charge in [0.15, 0.2) is 0 Å². The van der Waals surface area contributed by atoms with Crippen molar-refractivity contribution in [2.24, 2.45) is 7.05 Å². The van der Waals surface area contributed by atoms with E-state index in [0.29, 0.717) is 5.88 Å². The van der Waals surface area contributed by atoms with Gasteiger partial charge in [-0.25, -0.2) is 4.98 Å². The summed E-state index contributed by atoms with van der Waals surface area (Å²) in [7, 11) is 1.89. The van der Waals surface area contributed by atoms with E-state index in [2.05, 4.69) is 16.8 Å². The first-order valence-electron chi connectivity index (χ1n) is 2.85. The van der Waals surface area contributed by atoms with E-state index in [-0.39, 0.29) is 0 Å². The van der Waals surface area contributed by atoms with Crippen LogP contribution in [0.5, 0.6) is 0 Å². The molecule has 0 amide bonds. The lowest BCUT2D eigenvalue weighted by Gasteiger charge is -1.87. The van der Waals surface area contributed by atoms with Crippen LogP contribution >= 0.6 is 11.6 Å². The highest BCUT2D eigenvalue weighted by atomic mass is 35.5. The van der Waals surface area contributed by atoms with Gasteiger partial charge in [-0.15, -0.1) is 11.6 Å². The molecular weight excluding hydrogens is 148 g/mol. The van der Waals surface area contributed by atoms with Crippen LogP contribution < -0.4 is 0 Å². The molecule has 0 bridgehead atoms. The molecule has 0 aliphatic carbocycles. The quantitative estimate of drug-likeness (QED) is 0.403. The maximum atomic E-state index is 5.37. The van der Waals surface area contributed by atoms with Crippen LogP contribution in [0.25, 0.3) is 0 Å². The molecule has 0 radical (unpaired) electrons. The SMILES string of the molecule is Cn1cncc1C#CCCl. The molecule has 3 heteroatoms. The zero-order valence-electron chi connectivity index (χ0n) is 5.63. The number of imidazole rings is 1. The molecule has 0 unspecified atom stereocenters. The summed E-state index contributed by atoms with van der Waals surface area (Å²) >= 11 is 5.37. The lowest BCUT2D eigenvalue weighted by Crippen LogP contribution is -1.87. The highest BCUT2D eigenvalue weighted by Crippen LogP contribution is 1.91. The minimum Gasteiger partial charge on any atom is -0.327 e. The summed E-state index contributed by atoms with van der Waals surface area (Å²) < 4.78 is 1.85. The summed E-state index contributed by atoms with van der Waals surface area (Å²) in [6.07, 6.45) is 3.41. The molecule has 1 aromatic rings. The van der Waals surface area contributed by atoms with E-state index in [1.165, 1.54) is 0 Å². The summed E-state index contributed by atoms with van der Waals surface area (Å²) in [5.41, 5.74) is 0.889. The Morgan fingerprint density at radius 2 is 2.60 bits per heavy atom. The van der Waals surface area contributed by atoms with Crippen molar-refractivity contribution < 1.29 is 0 Å². The molecular formula is C7H7ClN2. The minimum atomic E-state index is 0.366. The van der Waals surface area contributed by atoms with Gasteiger partial charge in [-0.2, -0.15) is 0 Å². The minimum absolute atomic E-state index is 0.366. The summed E-state index contributed by atoms with van der Waals surface area (Å²) in [6.45, 7) is 0. The molecule has 0 atom stereocenters. The molecule has 0 saturated carbocycles.